The molecule has 2 aliphatic rings. The van der Waals surface area contributed by atoms with Crippen LogP contribution in [0.2, 0.25) is 0 Å². The van der Waals surface area contributed by atoms with Crippen molar-refractivity contribution in [3.8, 4) is 0 Å². The van der Waals surface area contributed by atoms with Gasteiger partial charge in [0.1, 0.15) is 18.7 Å². The third-order valence-corrected chi connectivity index (χ3v) is 5.31. The molecule has 0 spiro atoms. The van der Waals surface area contributed by atoms with Crippen LogP contribution < -0.4 is 16.4 Å². The normalized spacial score (nSPS) is 15.2. The van der Waals surface area contributed by atoms with Gasteiger partial charge >= 0.3 is 0 Å². The lowest BCUT2D eigenvalue weighted by Gasteiger charge is -2.21. The summed E-state index contributed by atoms with van der Waals surface area (Å²) < 4.78 is 7.49. The maximum atomic E-state index is 11.9. The summed E-state index contributed by atoms with van der Waals surface area (Å²) in [4.78, 5) is 16.7. The Labute approximate surface area is 173 Å². The molecule has 5 rings (SSSR count). The molecule has 0 fully saturated rings. The number of aryl methyl sites for hydroxylation is 1. The first-order valence-corrected chi connectivity index (χ1v) is 9.71. The van der Waals surface area contributed by atoms with Crippen molar-refractivity contribution in [1.29, 1.82) is 0 Å². The van der Waals surface area contributed by atoms with Crippen molar-refractivity contribution in [3.63, 3.8) is 0 Å². The van der Waals surface area contributed by atoms with Crippen LogP contribution in [0.5, 0.6) is 0 Å². The number of nitrogens with zero attached hydrogens (tertiary/aromatic N) is 2. The number of nitrogens with two attached hydrogens (primary N) is 1. The number of aliphatic imine (C=N–C) groups is 1. The highest BCUT2D eigenvalue weighted by Crippen LogP contribution is 2.27. The fourth-order valence-electron chi connectivity index (χ4n) is 3.87. The van der Waals surface area contributed by atoms with Gasteiger partial charge in [0, 0.05) is 12.7 Å². The van der Waals surface area contributed by atoms with Crippen molar-refractivity contribution in [2.75, 3.05) is 6.61 Å². The van der Waals surface area contributed by atoms with Crippen LogP contribution in [0.1, 0.15) is 27.2 Å². The minimum absolute atomic E-state index is 0.456. The quantitative estimate of drug-likeness (QED) is 0.615. The molecule has 2 aliphatic heterocycles. The predicted octanol–water partition coefficient (Wildman–Crippen LogP) is 2.57. The third-order valence-electron chi connectivity index (χ3n) is 5.31. The molecule has 1 aromatic carbocycles. The van der Waals surface area contributed by atoms with E-state index in [1.807, 2.05) is 47.9 Å². The molecule has 4 N–H and O–H groups in total. The summed E-state index contributed by atoms with van der Waals surface area (Å²) in [6, 6.07) is 15.7. The average Bonchev–Trinajstić information content (AvgIpc) is 3.35. The van der Waals surface area contributed by atoms with Crippen LogP contribution in [0.4, 0.5) is 0 Å². The van der Waals surface area contributed by atoms with Gasteiger partial charge in [-0.1, -0.05) is 30.3 Å². The molecule has 7 heteroatoms. The van der Waals surface area contributed by atoms with Crippen molar-refractivity contribution in [2.45, 2.75) is 13.5 Å². The molecular weight excluding hydrogens is 378 g/mol. The van der Waals surface area contributed by atoms with E-state index < -0.39 is 5.91 Å². The van der Waals surface area contributed by atoms with E-state index in [2.05, 4.69) is 22.8 Å². The Morgan fingerprint density at radius 1 is 1.27 bits per heavy atom. The van der Waals surface area contributed by atoms with Gasteiger partial charge in [-0.3, -0.25) is 4.79 Å². The monoisotopic (exact) mass is 399 g/mol. The summed E-state index contributed by atoms with van der Waals surface area (Å²) >= 11 is 0. The predicted molar refractivity (Wildman–Crippen MR) is 115 cm³/mol. The first-order chi connectivity index (χ1) is 14.6. The Bertz CT molecular complexity index is 1250. The number of benzene rings is 1. The number of fused-ring (bicyclic) bond motifs is 2. The van der Waals surface area contributed by atoms with E-state index in [0.29, 0.717) is 24.6 Å². The van der Waals surface area contributed by atoms with Crippen molar-refractivity contribution in [1.82, 2.24) is 15.0 Å². The minimum atomic E-state index is -0.456. The zero-order chi connectivity index (χ0) is 20.7. The maximum Gasteiger partial charge on any atom is 0.250 e. The Morgan fingerprint density at radius 3 is 2.90 bits per heavy atom. The topological polar surface area (TPSA) is 93.2 Å². The van der Waals surface area contributed by atoms with Crippen LogP contribution in [-0.2, 0) is 11.3 Å². The highest BCUT2D eigenvalue weighted by atomic mass is 16.5. The summed E-state index contributed by atoms with van der Waals surface area (Å²) in [6.07, 6.45) is 3.62. The Balaban J connectivity index is 1.57. The van der Waals surface area contributed by atoms with Crippen LogP contribution in [-0.4, -0.2) is 22.8 Å². The molecule has 150 valence electrons. The van der Waals surface area contributed by atoms with Crippen LogP contribution in [0.3, 0.4) is 0 Å². The fourth-order valence-corrected chi connectivity index (χ4v) is 3.87. The van der Waals surface area contributed by atoms with Crippen molar-refractivity contribution >= 4 is 17.3 Å². The molecule has 1 amide bonds. The minimum Gasteiger partial charge on any atom is -0.494 e. The van der Waals surface area contributed by atoms with Crippen LogP contribution in [0, 0.1) is 6.92 Å². The Kier molecular flexibility index (Phi) is 4.28. The molecule has 0 saturated heterocycles. The molecule has 0 atom stereocenters. The van der Waals surface area contributed by atoms with Crippen LogP contribution in [0.15, 0.2) is 83.1 Å². The number of aromatic nitrogens is 1. The molecule has 3 aromatic rings. The second-order valence-corrected chi connectivity index (χ2v) is 7.31. The van der Waals surface area contributed by atoms with E-state index in [1.165, 1.54) is 5.56 Å². The lowest BCUT2D eigenvalue weighted by atomic mass is 10.1. The number of nitrogens with one attached hydrogen (secondary N) is 2. The van der Waals surface area contributed by atoms with Gasteiger partial charge in [-0.05, 0) is 36.2 Å². The van der Waals surface area contributed by atoms with Gasteiger partial charge in [0.05, 0.1) is 28.0 Å². The fraction of sp³-hybridized carbons (Fsp3) is 0.130. The van der Waals surface area contributed by atoms with Crippen LogP contribution >= 0.6 is 0 Å². The number of hydrogen-bond acceptors (Lipinski definition) is 5. The van der Waals surface area contributed by atoms with Crippen molar-refractivity contribution in [2.24, 2.45) is 10.7 Å². The Morgan fingerprint density at radius 2 is 2.10 bits per heavy atom. The third kappa shape index (κ3) is 3.00. The molecule has 0 radical (unpaired) electrons. The number of primary amides is 1. The molecule has 0 bridgehead atoms. The van der Waals surface area contributed by atoms with Gasteiger partial charge in [0.15, 0.2) is 5.84 Å². The molecule has 4 heterocycles. The average molecular weight is 399 g/mol. The largest absolute Gasteiger partial charge is 0.494 e. The van der Waals surface area contributed by atoms with E-state index in [1.54, 1.807) is 12.3 Å². The van der Waals surface area contributed by atoms with E-state index in [0.717, 1.165) is 33.9 Å². The van der Waals surface area contributed by atoms with Gasteiger partial charge in [0.2, 0.25) is 0 Å². The van der Waals surface area contributed by atoms with Gasteiger partial charge < -0.3 is 25.5 Å². The zero-order valence-corrected chi connectivity index (χ0v) is 16.5. The SMILES string of the molecule is Cc1cc2c(C(N)=O)cccn2c1C1=NC(NCc2ccccc2)=C2COC=C2N1. The molecule has 0 unspecified atom stereocenters. The number of amides is 1. The molecule has 0 saturated carbocycles. The summed E-state index contributed by atoms with van der Waals surface area (Å²) in [5.41, 5.74) is 11.7. The number of pyridine rings is 1. The summed E-state index contributed by atoms with van der Waals surface area (Å²) in [7, 11) is 0. The lowest BCUT2D eigenvalue weighted by Crippen LogP contribution is -2.33. The summed E-state index contributed by atoms with van der Waals surface area (Å²) in [5.74, 6) is 1.00. The first kappa shape index (κ1) is 18.1. The number of ether oxygens (including phenoxy) is 1. The number of hydrogen-bond donors (Lipinski definition) is 3. The Hall–Kier alpha value is -4.00. The summed E-state index contributed by atoms with van der Waals surface area (Å²) in [6.45, 7) is 3.12. The maximum absolute atomic E-state index is 11.9. The van der Waals surface area contributed by atoms with E-state index in [9.17, 15) is 4.79 Å². The van der Waals surface area contributed by atoms with E-state index in [4.69, 9.17) is 15.5 Å². The van der Waals surface area contributed by atoms with Crippen molar-refractivity contribution < 1.29 is 9.53 Å². The standard InChI is InChI=1S/C23H21N5O2/c1-14-10-19-16(21(24)29)8-5-9-28(19)20(14)23-26-18-13-30-12-17(18)22(27-23)25-11-15-6-3-2-4-7-15/h2-10,13,25H,11-12H2,1H3,(H2,24,29)(H,26,27). The number of amidine groups is 1. The number of rotatable bonds is 5. The molecule has 2 aromatic heterocycles. The van der Waals surface area contributed by atoms with Crippen molar-refractivity contribution in [3.05, 3.63) is 100 Å². The van der Waals surface area contributed by atoms with Gasteiger partial charge in [-0.2, -0.15) is 0 Å². The van der Waals surface area contributed by atoms with E-state index >= 15 is 0 Å². The molecule has 7 nitrogen and oxygen atoms in total. The zero-order valence-electron chi connectivity index (χ0n) is 16.5. The highest BCUT2D eigenvalue weighted by molar-refractivity contribution is 6.05. The van der Waals surface area contributed by atoms with Gasteiger partial charge in [-0.25, -0.2) is 4.99 Å². The molecule has 0 aliphatic carbocycles. The van der Waals surface area contributed by atoms with Gasteiger partial charge in [0.25, 0.3) is 5.91 Å². The first-order valence-electron chi connectivity index (χ1n) is 9.71. The highest BCUT2D eigenvalue weighted by Gasteiger charge is 2.27. The second kappa shape index (κ2) is 7.11. The molecular formula is C23H21N5O2. The smallest absolute Gasteiger partial charge is 0.250 e. The second-order valence-electron chi connectivity index (χ2n) is 7.31. The van der Waals surface area contributed by atoms with E-state index in [-0.39, 0.29) is 0 Å². The number of carbonyl (C=O) groups excluding carboxylic acids is 1. The summed E-state index contributed by atoms with van der Waals surface area (Å²) in [5, 5.41) is 6.83. The van der Waals surface area contributed by atoms with Gasteiger partial charge in [-0.15, -0.1) is 0 Å². The lowest BCUT2D eigenvalue weighted by molar-refractivity contribution is 0.100. The molecule has 30 heavy (non-hydrogen) atoms. The van der Waals surface area contributed by atoms with Crippen LogP contribution in [0.25, 0.3) is 5.52 Å². The number of carbonyl (C=O) groups is 1.